The molecule has 1 amide bonds. The Labute approximate surface area is 202 Å². The number of nitrogens with two attached hydrogens (primary N) is 1. The van der Waals surface area contributed by atoms with Crippen molar-refractivity contribution >= 4 is 28.4 Å². The van der Waals surface area contributed by atoms with Crippen molar-refractivity contribution in [3.8, 4) is 5.75 Å². The molecule has 4 heterocycles. The molecule has 1 aromatic carbocycles. The number of benzene rings is 1. The van der Waals surface area contributed by atoms with Crippen LogP contribution in [0.5, 0.6) is 5.75 Å². The summed E-state index contributed by atoms with van der Waals surface area (Å²) < 4.78 is 7.17. The molecule has 11 heteroatoms. The van der Waals surface area contributed by atoms with Crippen LogP contribution in [0.25, 0.3) is 10.8 Å². The van der Waals surface area contributed by atoms with Gasteiger partial charge >= 0.3 is 0 Å². The van der Waals surface area contributed by atoms with Crippen LogP contribution in [0.2, 0.25) is 0 Å². The van der Waals surface area contributed by atoms with Gasteiger partial charge in [-0.25, -0.2) is 24.6 Å². The van der Waals surface area contributed by atoms with Gasteiger partial charge in [-0.2, -0.15) is 0 Å². The first-order valence-electron chi connectivity index (χ1n) is 11.5. The van der Waals surface area contributed by atoms with Crippen molar-refractivity contribution in [3.05, 3.63) is 59.6 Å². The van der Waals surface area contributed by atoms with Gasteiger partial charge in [0.05, 0.1) is 13.7 Å². The number of aryl methyl sites for hydroxylation is 1. The van der Waals surface area contributed by atoms with Gasteiger partial charge in [-0.15, -0.1) is 5.10 Å². The molecule has 0 aliphatic carbocycles. The van der Waals surface area contributed by atoms with E-state index in [1.54, 1.807) is 30.4 Å². The summed E-state index contributed by atoms with van der Waals surface area (Å²) in [6, 6.07) is 5.62. The zero-order valence-corrected chi connectivity index (χ0v) is 19.7. The third kappa shape index (κ3) is 4.70. The first-order chi connectivity index (χ1) is 17.0. The standard InChI is InChI=1S/C24H27N9O2/c1-15-30-22(31-33(15)14-16-11-28-24(29-12-16)32-7-3-4-8-32)23(34)27-13-18-9-17-5-6-26-21(25)19(17)10-20(18)35-2/h5-6,9-12H,3-4,7-8,13-14H2,1-2H3,(H2,25,26)(H,27,34). The molecule has 35 heavy (non-hydrogen) atoms. The Morgan fingerprint density at radius 3 is 2.69 bits per heavy atom. The predicted molar refractivity (Wildman–Crippen MR) is 131 cm³/mol. The first kappa shape index (κ1) is 22.5. The Hall–Kier alpha value is -4.28. The lowest BCUT2D eigenvalue weighted by Gasteiger charge is -2.14. The minimum Gasteiger partial charge on any atom is -0.496 e. The maximum atomic E-state index is 12.8. The Bertz CT molecular complexity index is 1360. The van der Waals surface area contributed by atoms with Crippen molar-refractivity contribution in [3.63, 3.8) is 0 Å². The summed E-state index contributed by atoms with van der Waals surface area (Å²) in [5, 5.41) is 8.99. The number of hydrogen-bond donors (Lipinski definition) is 2. The number of amides is 1. The number of methoxy groups -OCH3 is 1. The zero-order chi connectivity index (χ0) is 24.4. The maximum Gasteiger partial charge on any atom is 0.291 e. The highest BCUT2D eigenvalue weighted by molar-refractivity contribution is 5.93. The summed E-state index contributed by atoms with van der Waals surface area (Å²) >= 11 is 0. The average Bonchev–Trinajstić information content (AvgIpc) is 3.53. The van der Waals surface area contributed by atoms with E-state index in [-0.39, 0.29) is 18.3 Å². The lowest BCUT2D eigenvalue weighted by Crippen LogP contribution is -2.24. The van der Waals surface area contributed by atoms with E-state index in [2.05, 4.69) is 35.3 Å². The number of ether oxygens (including phenoxy) is 1. The van der Waals surface area contributed by atoms with E-state index in [0.717, 1.165) is 40.9 Å². The summed E-state index contributed by atoms with van der Waals surface area (Å²) in [5.74, 6) is 2.16. The molecule has 3 N–H and O–H groups in total. The van der Waals surface area contributed by atoms with E-state index in [0.29, 0.717) is 23.9 Å². The first-order valence-corrected chi connectivity index (χ1v) is 11.5. The highest BCUT2D eigenvalue weighted by Gasteiger charge is 2.17. The molecule has 0 bridgehead atoms. The lowest BCUT2D eigenvalue weighted by atomic mass is 10.1. The van der Waals surface area contributed by atoms with Gasteiger partial charge in [0.15, 0.2) is 0 Å². The molecule has 180 valence electrons. The molecule has 3 aromatic heterocycles. The van der Waals surface area contributed by atoms with E-state index >= 15 is 0 Å². The van der Waals surface area contributed by atoms with Gasteiger partial charge in [-0.05, 0) is 43.4 Å². The van der Waals surface area contributed by atoms with Crippen LogP contribution >= 0.6 is 0 Å². The normalized spacial score (nSPS) is 13.4. The van der Waals surface area contributed by atoms with Crippen LogP contribution in [-0.4, -0.2) is 55.8 Å². The molecule has 1 fully saturated rings. The number of nitrogens with one attached hydrogen (secondary N) is 1. The molecule has 0 saturated carbocycles. The molecule has 0 spiro atoms. The van der Waals surface area contributed by atoms with Gasteiger partial charge < -0.3 is 20.7 Å². The van der Waals surface area contributed by atoms with Gasteiger partial charge in [-0.3, -0.25) is 4.79 Å². The van der Waals surface area contributed by atoms with Crippen LogP contribution in [0.15, 0.2) is 36.8 Å². The largest absolute Gasteiger partial charge is 0.496 e. The van der Waals surface area contributed by atoms with Gasteiger partial charge in [-0.1, -0.05) is 0 Å². The van der Waals surface area contributed by atoms with Crippen LogP contribution in [-0.2, 0) is 13.1 Å². The average molecular weight is 474 g/mol. The Morgan fingerprint density at radius 2 is 1.94 bits per heavy atom. The van der Waals surface area contributed by atoms with Crippen molar-refractivity contribution in [2.45, 2.75) is 32.9 Å². The molecule has 4 aromatic rings. The van der Waals surface area contributed by atoms with E-state index in [4.69, 9.17) is 10.5 Å². The summed E-state index contributed by atoms with van der Waals surface area (Å²) in [6.45, 7) is 4.49. The van der Waals surface area contributed by atoms with Crippen molar-refractivity contribution in [2.75, 3.05) is 30.8 Å². The number of carbonyl (C=O) groups excluding carboxylic acids is 1. The predicted octanol–water partition coefficient (Wildman–Crippen LogP) is 2.09. The second-order valence-electron chi connectivity index (χ2n) is 8.49. The summed E-state index contributed by atoms with van der Waals surface area (Å²) in [5.41, 5.74) is 7.67. The minimum absolute atomic E-state index is 0.102. The third-order valence-electron chi connectivity index (χ3n) is 6.11. The lowest BCUT2D eigenvalue weighted by molar-refractivity contribution is 0.0940. The third-order valence-corrected chi connectivity index (χ3v) is 6.11. The number of nitrogens with zero attached hydrogens (tertiary/aromatic N) is 7. The van der Waals surface area contributed by atoms with Gasteiger partial charge in [0.1, 0.15) is 17.4 Å². The van der Waals surface area contributed by atoms with Crippen LogP contribution in [0.3, 0.4) is 0 Å². The number of rotatable bonds is 7. The molecule has 1 aliphatic rings. The van der Waals surface area contributed by atoms with Crippen molar-refractivity contribution in [1.29, 1.82) is 0 Å². The number of aromatic nitrogens is 6. The number of hydrogen-bond acceptors (Lipinski definition) is 9. The number of carbonyl (C=O) groups is 1. The van der Waals surface area contributed by atoms with Crippen molar-refractivity contribution in [1.82, 2.24) is 35.0 Å². The summed E-state index contributed by atoms with van der Waals surface area (Å²) in [4.78, 5) is 32.4. The molecular weight excluding hydrogens is 446 g/mol. The SMILES string of the molecule is COc1cc2c(N)nccc2cc1CNC(=O)c1nc(C)n(Cc2cnc(N3CCCC3)nc2)n1. The van der Waals surface area contributed by atoms with Gasteiger partial charge in [0.2, 0.25) is 11.8 Å². The van der Waals surface area contributed by atoms with Gasteiger partial charge in [0.25, 0.3) is 5.91 Å². The smallest absolute Gasteiger partial charge is 0.291 e. The number of nitrogen functional groups attached to an aromatic ring is 1. The van der Waals surface area contributed by atoms with Crippen molar-refractivity contribution in [2.24, 2.45) is 0 Å². The Kier molecular flexibility index (Phi) is 6.13. The molecular formula is C24H27N9O2. The number of pyridine rings is 1. The highest BCUT2D eigenvalue weighted by Crippen LogP contribution is 2.28. The Morgan fingerprint density at radius 1 is 1.17 bits per heavy atom. The van der Waals surface area contributed by atoms with E-state index in [9.17, 15) is 4.79 Å². The summed E-state index contributed by atoms with van der Waals surface area (Å²) in [7, 11) is 1.58. The fraction of sp³-hybridized carbons (Fsp3) is 0.333. The monoisotopic (exact) mass is 473 g/mol. The van der Waals surface area contributed by atoms with Gasteiger partial charge in [0, 0.05) is 54.7 Å². The topological polar surface area (TPSA) is 137 Å². The molecule has 1 saturated heterocycles. The van der Waals surface area contributed by atoms with Crippen molar-refractivity contribution < 1.29 is 9.53 Å². The van der Waals surface area contributed by atoms with Crippen LogP contribution < -0.4 is 20.7 Å². The number of anilines is 2. The molecule has 0 atom stereocenters. The van der Waals surface area contributed by atoms with Crippen LogP contribution in [0.4, 0.5) is 11.8 Å². The minimum atomic E-state index is -0.371. The number of fused-ring (bicyclic) bond motifs is 1. The van der Waals surface area contributed by atoms with E-state index < -0.39 is 0 Å². The van der Waals surface area contributed by atoms with E-state index in [1.807, 2.05) is 25.1 Å². The van der Waals surface area contributed by atoms with Crippen LogP contribution in [0, 0.1) is 6.92 Å². The molecule has 0 unspecified atom stereocenters. The second kappa shape index (κ2) is 9.53. The maximum absolute atomic E-state index is 12.8. The van der Waals surface area contributed by atoms with E-state index in [1.165, 1.54) is 12.8 Å². The fourth-order valence-electron chi connectivity index (χ4n) is 4.20. The molecule has 0 radical (unpaired) electrons. The fourth-order valence-corrected chi connectivity index (χ4v) is 4.20. The zero-order valence-electron chi connectivity index (χ0n) is 19.7. The quantitative estimate of drug-likeness (QED) is 0.413. The molecule has 1 aliphatic heterocycles. The Balaban J connectivity index is 1.26. The second-order valence-corrected chi connectivity index (χ2v) is 8.49. The molecule has 11 nitrogen and oxygen atoms in total. The summed E-state index contributed by atoms with van der Waals surface area (Å²) in [6.07, 6.45) is 7.60. The highest BCUT2D eigenvalue weighted by atomic mass is 16.5. The van der Waals surface area contributed by atoms with Crippen LogP contribution in [0.1, 0.15) is 40.4 Å². The molecule has 5 rings (SSSR count).